The van der Waals surface area contributed by atoms with Crippen molar-refractivity contribution in [2.24, 2.45) is 0 Å². The largest absolute Gasteiger partial charge is 0.463 e. The molecule has 0 bridgehead atoms. The van der Waals surface area contributed by atoms with Crippen molar-refractivity contribution in [2.45, 2.75) is 26.3 Å². The SMILES string of the molecule is C=C(C)c1cccc(C(C)(C)NC(=O)Nc2nc(C(=O)OC)ns2)c1. The fourth-order valence-corrected chi connectivity index (χ4v) is 2.66. The first kappa shape index (κ1) is 18.6. The number of carbonyl (C=O) groups excluding carboxylic acids is 2. The monoisotopic (exact) mass is 360 g/mol. The Morgan fingerprint density at radius 1 is 1.32 bits per heavy atom. The molecule has 0 radical (unpaired) electrons. The zero-order valence-electron chi connectivity index (χ0n) is 14.5. The molecular formula is C17H20N4O3S. The van der Waals surface area contributed by atoms with Gasteiger partial charge in [-0.25, -0.2) is 9.59 Å². The Morgan fingerprint density at radius 2 is 2.04 bits per heavy atom. The molecule has 1 aromatic heterocycles. The number of ether oxygens (including phenoxy) is 1. The average Bonchev–Trinajstić information content (AvgIpc) is 3.02. The topological polar surface area (TPSA) is 93.2 Å². The van der Waals surface area contributed by atoms with Crippen LogP contribution in [-0.2, 0) is 10.3 Å². The maximum Gasteiger partial charge on any atom is 0.377 e. The molecule has 25 heavy (non-hydrogen) atoms. The number of amides is 2. The van der Waals surface area contributed by atoms with Gasteiger partial charge in [0.15, 0.2) is 0 Å². The van der Waals surface area contributed by atoms with Crippen LogP contribution in [0.2, 0.25) is 0 Å². The molecule has 2 aromatic rings. The Hall–Kier alpha value is -2.74. The molecule has 0 fully saturated rings. The number of aromatic nitrogens is 2. The molecule has 1 aromatic carbocycles. The van der Waals surface area contributed by atoms with Crippen LogP contribution in [0, 0.1) is 0 Å². The summed E-state index contributed by atoms with van der Waals surface area (Å²) in [4.78, 5) is 27.5. The molecule has 0 aliphatic heterocycles. The fraction of sp³-hybridized carbons (Fsp3) is 0.294. The van der Waals surface area contributed by atoms with Gasteiger partial charge in [0.2, 0.25) is 5.13 Å². The summed E-state index contributed by atoms with van der Waals surface area (Å²) in [5.74, 6) is -0.738. The molecule has 0 saturated heterocycles. The Labute approximate surface area is 150 Å². The van der Waals surface area contributed by atoms with Crippen LogP contribution in [0.5, 0.6) is 0 Å². The lowest BCUT2D eigenvalue weighted by molar-refractivity contribution is 0.0588. The highest BCUT2D eigenvalue weighted by Crippen LogP contribution is 2.24. The summed E-state index contributed by atoms with van der Waals surface area (Å²) in [6, 6.07) is 7.37. The number of rotatable bonds is 5. The van der Waals surface area contributed by atoms with Crippen LogP contribution in [0.4, 0.5) is 9.93 Å². The minimum Gasteiger partial charge on any atom is -0.463 e. The van der Waals surface area contributed by atoms with Crippen molar-refractivity contribution in [3.63, 3.8) is 0 Å². The Bertz CT molecular complexity index is 814. The smallest absolute Gasteiger partial charge is 0.377 e. The average molecular weight is 360 g/mol. The lowest BCUT2D eigenvalue weighted by atomic mass is 9.92. The van der Waals surface area contributed by atoms with Gasteiger partial charge in [-0.3, -0.25) is 5.32 Å². The third-order valence-corrected chi connectivity index (χ3v) is 4.15. The third kappa shape index (κ3) is 4.63. The highest BCUT2D eigenvalue weighted by atomic mass is 32.1. The molecule has 1 heterocycles. The van der Waals surface area contributed by atoms with Gasteiger partial charge in [0.1, 0.15) is 0 Å². The predicted octanol–water partition coefficient (Wildman–Crippen LogP) is 3.41. The van der Waals surface area contributed by atoms with E-state index in [1.165, 1.54) is 7.11 Å². The number of hydrogen-bond donors (Lipinski definition) is 2. The second-order valence-electron chi connectivity index (χ2n) is 5.98. The normalized spacial score (nSPS) is 10.9. The van der Waals surface area contributed by atoms with E-state index in [-0.39, 0.29) is 11.0 Å². The van der Waals surface area contributed by atoms with E-state index >= 15 is 0 Å². The first-order valence-corrected chi connectivity index (χ1v) is 8.28. The van der Waals surface area contributed by atoms with E-state index in [1.807, 2.05) is 45.0 Å². The van der Waals surface area contributed by atoms with Crippen LogP contribution in [0.3, 0.4) is 0 Å². The van der Waals surface area contributed by atoms with E-state index in [1.54, 1.807) is 0 Å². The Balaban J connectivity index is 2.08. The van der Waals surface area contributed by atoms with Crippen molar-refractivity contribution in [3.8, 4) is 0 Å². The van der Waals surface area contributed by atoms with Crippen molar-refractivity contribution >= 4 is 34.2 Å². The molecule has 0 saturated carbocycles. The second kappa shape index (κ2) is 7.43. The van der Waals surface area contributed by atoms with E-state index in [0.717, 1.165) is 28.2 Å². The Morgan fingerprint density at radius 3 is 2.68 bits per heavy atom. The number of carbonyl (C=O) groups is 2. The molecule has 0 spiro atoms. The minimum absolute atomic E-state index is 0.0868. The number of anilines is 1. The molecule has 7 nitrogen and oxygen atoms in total. The molecule has 0 aliphatic carbocycles. The molecule has 2 N–H and O–H groups in total. The summed E-state index contributed by atoms with van der Waals surface area (Å²) in [6.07, 6.45) is 0. The molecule has 2 amide bonds. The Kier molecular flexibility index (Phi) is 5.53. The lowest BCUT2D eigenvalue weighted by Crippen LogP contribution is -2.43. The summed E-state index contributed by atoms with van der Waals surface area (Å²) in [5, 5.41) is 5.67. The van der Waals surface area contributed by atoms with Crippen LogP contribution in [0.15, 0.2) is 30.8 Å². The highest BCUT2D eigenvalue weighted by molar-refractivity contribution is 7.10. The molecule has 8 heteroatoms. The molecule has 0 atom stereocenters. The van der Waals surface area contributed by atoms with Crippen molar-refractivity contribution in [1.82, 2.24) is 14.7 Å². The zero-order valence-corrected chi connectivity index (χ0v) is 15.4. The van der Waals surface area contributed by atoms with E-state index in [2.05, 4.69) is 31.3 Å². The quantitative estimate of drug-likeness (QED) is 0.797. The summed E-state index contributed by atoms with van der Waals surface area (Å²) >= 11 is 0.904. The summed E-state index contributed by atoms with van der Waals surface area (Å²) in [6.45, 7) is 9.65. The first-order valence-electron chi connectivity index (χ1n) is 7.50. The van der Waals surface area contributed by atoms with Gasteiger partial charge in [-0.15, -0.1) is 0 Å². The van der Waals surface area contributed by atoms with Gasteiger partial charge in [0, 0.05) is 11.5 Å². The van der Waals surface area contributed by atoms with E-state index in [0.29, 0.717) is 0 Å². The number of methoxy groups -OCH3 is 1. The minimum atomic E-state index is -0.651. The predicted molar refractivity (Wildman–Crippen MR) is 97.6 cm³/mol. The second-order valence-corrected chi connectivity index (χ2v) is 6.73. The summed E-state index contributed by atoms with van der Waals surface area (Å²) in [7, 11) is 1.24. The number of benzene rings is 1. The van der Waals surface area contributed by atoms with Gasteiger partial charge in [0.25, 0.3) is 5.82 Å². The maximum absolute atomic E-state index is 12.3. The van der Waals surface area contributed by atoms with Gasteiger partial charge in [-0.2, -0.15) is 9.36 Å². The number of allylic oxidation sites excluding steroid dienone is 1. The van der Waals surface area contributed by atoms with Crippen LogP contribution in [0.1, 0.15) is 42.5 Å². The number of nitrogens with one attached hydrogen (secondary N) is 2. The number of esters is 1. The molecular weight excluding hydrogens is 340 g/mol. The summed E-state index contributed by atoms with van der Waals surface area (Å²) < 4.78 is 8.36. The van der Waals surface area contributed by atoms with Crippen molar-refractivity contribution < 1.29 is 14.3 Å². The molecule has 2 rings (SSSR count). The number of nitrogens with zero attached hydrogens (tertiary/aromatic N) is 2. The third-order valence-electron chi connectivity index (χ3n) is 3.52. The van der Waals surface area contributed by atoms with E-state index in [9.17, 15) is 9.59 Å². The summed E-state index contributed by atoms with van der Waals surface area (Å²) in [5.41, 5.74) is 2.28. The van der Waals surface area contributed by atoms with E-state index in [4.69, 9.17) is 0 Å². The molecule has 0 unspecified atom stereocenters. The van der Waals surface area contributed by atoms with Crippen molar-refractivity contribution in [2.75, 3.05) is 12.4 Å². The van der Waals surface area contributed by atoms with Gasteiger partial charge in [-0.1, -0.05) is 30.4 Å². The van der Waals surface area contributed by atoms with Crippen LogP contribution < -0.4 is 10.6 Å². The number of urea groups is 1. The van der Waals surface area contributed by atoms with Crippen LogP contribution in [-0.4, -0.2) is 28.5 Å². The standard InChI is InChI=1S/C17H20N4O3S/c1-10(2)11-7-6-8-12(9-11)17(3,4)20-15(23)19-16-18-13(21-25-16)14(22)24-5/h6-9H,1H2,2-5H3,(H2,18,19,20,21,23). The lowest BCUT2D eigenvalue weighted by Gasteiger charge is -2.27. The van der Waals surface area contributed by atoms with Gasteiger partial charge < -0.3 is 10.1 Å². The van der Waals surface area contributed by atoms with Crippen LogP contribution >= 0.6 is 11.5 Å². The highest BCUT2D eigenvalue weighted by Gasteiger charge is 2.24. The van der Waals surface area contributed by atoms with Crippen molar-refractivity contribution in [3.05, 3.63) is 47.8 Å². The molecule has 0 aliphatic rings. The fourth-order valence-electron chi connectivity index (χ4n) is 2.11. The van der Waals surface area contributed by atoms with Crippen LogP contribution in [0.25, 0.3) is 5.57 Å². The molecule has 132 valence electrons. The zero-order chi connectivity index (χ0) is 18.6. The van der Waals surface area contributed by atoms with Gasteiger partial charge in [-0.05, 0) is 38.0 Å². The van der Waals surface area contributed by atoms with Gasteiger partial charge in [0.05, 0.1) is 12.6 Å². The van der Waals surface area contributed by atoms with Crippen molar-refractivity contribution in [1.29, 1.82) is 0 Å². The maximum atomic E-state index is 12.3. The number of hydrogen-bond acceptors (Lipinski definition) is 6. The van der Waals surface area contributed by atoms with E-state index < -0.39 is 17.5 Å². The van der Waals surface area contributed by atoms with Gasteiger partial charge >= 0.3 is 12.0 Å². The first-order chi connectivity index (χ1) is 11.7.